The van der Waals surface area contributed by atoms with E-state index in [1.165, 1.54) is 53.9 Å². The first kappa shape index (κ1) is 21.2. The van der Waals surface area contributed by atoms with Crippen LogP contribution in [-0.2, 0) is 0 Å². The van der Waals surface area contributed by atoms with E-state index < -0.39 is 0 Å². The van der Waals surface area contributed by atoms with Crippen LogP contribution in [0.15, 0.2) is 115 Å². The Kier molecular flexibility index (Phi) is 8.08. The molecule has 0 N–H and O–H groups in total. The Morgan fingerprint density at radius 3 is 1.47 bits per heavy atom. The minimum Gasteiger partial charge on any atom is -0.0836 e. The van der Waals surface area contributed by atoms with Crippen LogP contribution in [-0.4, -0.2) is 12.3 Å². The van der Waals surface area contributed by atoms with E-state index in [1.807, 2.05) is 0 Å². The summed E-state index contributed by atoms with van der Waals surface area (Å²) >= 11 is 0. The third kappa shape index (κ3) is 5.78. The third-order valence-electron chi connectivity index (χ3n) is 5.50. The van der Waals surface area contributed by atoms with Crippen molar-refractivity contribution >= 4 is 31.8 Å². The molecule has 0 spiro atoms. The molecular weight excluding hydrogens is 398 g/mol. The van der Waals surface area contributed by atoms with Crippen molar-refractivity contribution in [3.05, 3.63) is 115 Å². The van der Waals surface area contributed by atoms with E-state index in [0.717, 1.165) is 0 Å². The van der Waals surface area contributed by atoms with Crippen LogP contribution in [0, 0.1) is 0 Å². The first-order valence-electron chi connectivity index (χ1n) is 11.0. The van der Waals surface area contributed by atoms with Crippen LogP contribution in [0.3, 0.4) is 0 Å². The number of allylic oxidation sites excluding steroid dienone is 4. The minimum atomic E-state index is -0.272. The molecule has 0 saturated carbocycles. The van der Waals surface area contributed by atoms with Crippen LogP contribution < -0.4 is 15.9 Å². The molecule has 0 amide bonds. The molecule has 0 nitrogen and oxygen atoms in total. The van der Waals surface area contributed by atoms with E-state index in [2.05, 4.69) is 109 Å². The van der Waals surface area contributed by atoms with Gasteiger partial charge in [-0.3, -0.25) is 0 Å². The Bertz CT molecular complexity index is 906. The van der Waals surface area contributed by atoms with Gasteiger partial charge in [-0.15, -0.1) is 0 Å². The number of hydrogen-bond acceptors (Lipinski definition) is 0. The smallest absolute Gasteiger partial charge is 0.0195 e. The van der Waals surface area contributed by atoms with Crippen LogP contribution in [0.25, 0.3) is 0 Å². The maximum absolute atomic E-state index is 2.49. The molecule has 152 valence electrons. The van der Waals surface area contributed by atoms with Crippen molar-refractivity contribution in [2.75, 3.05) is 12.3 Å². The summed E-state index contributed by atoms with van der Waals surface area (Å²) in [4.78, 5) is 0. The highest BCUT2D eigenvalue weighted by Crippen LogP contribution is 2.47. The zero-order valence-electron chi connectivity index (χ0n) is 17.5. The zero-order valence-corrected chi connectivity index (χ0v) is 19.3. The quantitative estimate of drug-likeness (QED) is 0.256. The Hall–Kier alpha value is -2.00. The van der Waals surface area contributed by atoms with Gasteiger partial charge in [-0.2, -0.15) is 0 Å². The highest BCUT2D eigenvalue weighted by molar-refractivity contribution is 7.73. The molecule has 2 heteroatoms. The van der Waals surface area contributed by atoms with Crippen molar-refractivity contribution in [2.45, 2.75) is 25.7 Å². The zero-order chi connectivity index (χ0) is 20.4. The first-order valence-corrected chi connectivity index (χ1v) is 14.0. The molecule has 0 heterocycles. The first-order chi connectivity index (χ1) is 14.9. The summed E-state index contributed by atoms with van der Waals surface area (Å²) in [5.74, 6) is 0. The molecule has 30 heavy (non-hydrogen) atoms. The van der Waals surface area contributed by atoms with Gasteiger partial charge in [0.15, 0.2) is 0 Å². The molecule has 1 atom stereocenters. The summed E-state index contributed by atoms with van der Waals surface area (Å²) < 4.78 is 0. The van der Waals surface area contributed by atoms with Gasteiger partial charge in [0, 0.05) is 0 Å². The summed E-state index contributed by atoms with van der Waals surface area (Å²) in [5, 5.41) is 6.11. The van der Waals surface area contributed by atoms with Gasteiger partial charge in [0.05, 0.1) is 0 Å². The van der Waals surface area contributed by atoms with E-state index in [0.29, 0.717) is 0 Å². The third-order valence-corrected chi connectivity index (χ3v) is 10.8. The SMILES string of the molecule is C1=CC(P(CCCCP(c2ccccc2)c2ccccc2)c2ccccc2)=CCC1. The standard InChI is InChI=1S/C28H30P2/c1-5-15-25(16-6-1)29(26-17-7-2-8-18-26)23-13-14-24-30(27-19-9-3-10-20-27)28-21-11-4-12-22-28/h1-3,5-11,15-22H,4,12-14,23-24H2. The molecule has 1 aliphatic carbocycles. The van der Waals surface area contributed by atoms with Gasteiger partial charge in [0.1, 0.15) is 0 Å². The average molecular weight is 428 g/mol. The van der Waals surface area contributed by atoms with E-state index in [-0.39, 0.29) is 15.8 Å². The second kappa shape index (κ2) is 11.4. The van der Waals surface area contributed by atoms with E-state index >= 15 is 0 Å². The highest BCUT2D eigenvalue weighted by Gasteiger charge is 2.17. The molecule has 4 rings (SSSR count). The number of unbranched alkanes of at least 4 members (excludes halogenated alkanes) is 1. The lowest BCUT2D eigenvalue weighted by Crippen LogP contribution is -2.14. The Balaban J connectivity index is 1.43. The minimum absolute atomic E-state index is 0.232. The van der Waals surface area contributed by atoms with Crippen molar-refractivity contribution < 1.29 is 0 Å². The largest absolute Gasteiger partial charge is 0.0836 e. The Morgan fingerprint density at radius 2 is 1.00 bits per heavy atom. The van der Waals surface area contributed by atoms with Crippen molar-refractivity contribution in [3.8, 4) is 0 Å². The van der Waals surface area contributed by atoms with Crippen LogP contribution in [0.2, 0.25) is 0 Å². The van der Waals surface area contributed by atoms with Crippen LogP contribution in [0.4, 0.5) is 0 Å². The van der Waals surface area contributed by atoms with Crippen molar-refractivity contribution in [3.63, 3.8) is 0 Å². The van der Waals surface area contributed by atoms with Gasteiger partial charge < -0.3 is 0 Å². The number of hydrogen-bond donors (Lipinski definition) is 0. The maximum Gasteiger partial charge on any atom is -0.0195 e. The van der Waals surface area contributed by atoms with Gasteiger partial charge in [-0.1, -0.05) is 109 Å². The molecule has 3 aromatic carbocycles. The molecule has 1 aliphatic rings. The molecule has 0 radical (unpaired) electrons. The van der Waals surface area contributed by atoms with Gasteiger partial charge in [0.25, 0.3) is 0 Å². The fourth-order valence-corrected chi connectivity index (χ4v) is 8.92. The molecule has 0 aliphatic heterocycles. The number of rotatable bonds is 9. The van der Waals surface area contributed by atoms with Crippen LogP contribution in [0.1, 0.15) is 25.7 Å². The predicted octanol–water partition coefficient (Wildman–Crippen LogP) is 6.94. The van der Waals surface area contributed by atoms with E-state index in [9.17, 15) is 0 Å². The Morgan fingerprint density at radius 1 is 0.533 bits per heavy atom. The maximum atomic E-state index is 2.49. The summed E-state index contributed by atoms with van der Waals surface area (Å²) in [7, 11) is -0.504. The molecule has 0 bridgehead atoms. The molecule has 0 saturated heterocycles. The molecule has 0 fully saturated rings. The van der Waals surface area contributed by atoms with Crippen molar-refractivity contribution in [1.82, 2.24) is 0 Å². The van der Waals surface area contributed by atoms with Crippen LogP contribution in [0.5, 0.6) is 0 Å². The fraction of sp³-hybridized carbons (Fsp3) is 0.214. The lowest BCUT2D eigenvalue weighted by molar-refractivity contribution is 0.901. The topological polar surface area (TPSA) is 0 Å². The second-order valence-electron chi connectivity index (χ2n) is 7.63. The highest BCUT2D eigenvalue weighted by atomic mass is 31.1. The van der Waals surface area contributed by atoms with Gasteiger partial charge >= 0.3 is 0 Å². The van der Waals surface area contributed by atoms with Crippen molar-refractivity contribution in [2.24, 2.45) is 0 Å². The van der Waals surface area contributed by atoms with Crippen molar-refractivity contribution in [1.29, 1.82) is 0 Å². The van der Waals surface area contributed by atoms with Gasteiger partial charge in [-0.25, -0.2) is 0 Å². The van der Waals surface area contributed by atoms with E-state index in [1.54, 1.807) is 5.31 Å². The Labute approximate surface area is 184 Å². The summed E-state index contributed by atoms with van der Waals surface area (Å²) in [5.41, 5.74) is 0. The lowest BCUT2D eigenvalue weighted by Gasteiger charge is -2.23. The predicted molar refractivity (Wildman–Crippen MR) is 137 cm³/mol. The van der Waals surface area contributed by atoms with Crippen LogP contribution >= 0.6 is 15.8 Å². The van der Waals surface area contributed by atoms with Gasteiger partial charge in [-0.05, 0) is 75.1 Å². The lowest BCUT2D eigenvalue weighted by atomic mass is 10.2. The normalized spacial score (nSPS) is 14.5. The van der Waals surface area contributed by atoms with Gasteiger partial charge in [0.2, 0.25) is 0 Å². The van der Waals surface area contributed by atoms with E-state index in [4.69, 9.17) is 0 Å². The summed E-state index contributed by atoms with van der Waals surface area (Å²) in [6.45, 7) is 0. The second-order valence-corrected chi connectivity index (χ2v) is 12.3. The molecule has 3 aromatic rings. The fourth-order valence-electron chi connectivity index (χ4n) is 3.98. The number of benzene rings is 3. The monoisotopic (exact) mass is 428 g/mol. The molecular formula is C28H30P2. The molecule has 1 unspecified atom stereocenters. The summed E-state index contributed by atoms with van der Waals surface area (Å²) in [6.07, 6.45) is 14.8. The molecule has 0 aromatic heterocycles. The summed E-state index contributed by atoms with van der Waals surface area (Å²) in [6, 6.07) is 33.4. The average Bonchev–Trinajstić information content (AvgIpc) is 2.84.